The second-order valence-corrected chi connectivity index (χ2v) is 5.13. The highest BCUT2D eigenvalue weighted by Gasteiger charge is 2.27. The molecule has 0 atom stereocenters. The van der Waals surface area contributed by atoms with Crippen molar-refractivity contribution in [3.63, 3.8) is 0 Å². The average Bonchev–Trinajstić information content (AvgIpc) is 2.13. The van der Waals surface area contributed by atoms with Crippen LogP contribution in [0.2, 0.25) is 0 Å². The van der Waals surface area contributed by atoms with Crippen LogP contribution in [0.3, 0.4) is 0 Å². The lowest BCUT2D eigenvalue weighted by Crippen LogP contribution is -2.26. The molecule has 0 aliphatic heterocycles. The van der Waals surface area contributed by atoms with E-state index in [0.717, 1.165) is 6.07 Å². The van der Waals surface area contributed by atoms with Crippen LogP contribution in [0.25, 0.3) is 0 Å². The number of carboxylic acid groups (broad SMARTS) is 1. The Balaban J connectivity index is 3.04. The lowest BCUT2D eigenvalue weighted by Gasteiger charge is -2.19. The molecule has 0 bridgehead atoms. The summed E-state index contributed by atoms with van der Waals surface area (Å²) < 4.78 is 13.4. The summed E-state index contributed by atoms with van der Waals surface area (Å²) >= 11 is 3.00. The number of halogens is 2. The summed E-state index contributed by atoms with van der Waals surface area (Å²) in [7, 11) is 0. The van der Waals surface area contributed by atoms with Crippen molar-refractivity contribution < 1.29 is 19.4 Å². The first-order valence-electron chi connectivity index (χ1n) is 4.64. The SMILES string of the molecule is CC(C)(Cc1cc(F)c(O)c(Br)c1)C(=O)O. The number of aliphatic carboxylic acids is 1. The summed E-state index contributed by atoms with van der Waals surface area (Å²) in [6, 6.07) is 2.66. The minimum Gasteiger partial charge on any atom is -0.504 e. The van der Waals surface area contributed by atoms with Gasteiger partial charge in [-0.25, -0.2) is 4.39 Å². The molecule has 0 amide bonds. The minimum atomic E-state index is -0.969. The van der Waals surface area contributed by atoms with Crippen molar-refractivity contribution >= 4 is 21.9 Å². The van der Waals surface area contributed by atoms with Gasteiger partial charge in [0.1, 0.15) is 0 Å². The highest BCUT2D eigenvalue weighted by molar-refractivity contribution is 9.10. The maximum atomic E-state index is 13.2. The topological polar surface area (TPSA) is 57.5 Å². The molecule has 5 heteroatoms. The molecule has 88 valence electrons. The van der Waals surface area contributed by atoms with Crippen molar-refractivity contribution in [2.24, 2.45) is 5.41 Å². The van der Waals surface area contributed by atoms with Gasteiger partial charge in [0.05, 0.1) is 9.89 Å². The van der Waals surface area contributed by atoms with Gasteiger partial charge >= 0.3 is 5.97 Å². The Kier molecular flexibility index (Phi) is 3.57. The molecule has 1 aromatic rings. The van der Waals surface area contributed by atoms with E-state index in [-0.39, 0.29) is 10.9 Å². The van der Waals surface area contributed by atoms with Crippen molar-refractivity contribution in [3.05, 3.63) is 28.0 Å². The van der Waals surface area contributed by atoms with Crippen LogP contribution in [-0.4, -0.2) is 16.2 Å². The van der Waals surface area contributed by atoms with Crippen molar-refractivity contribution in [2.75, 3.05) is 0 Å². The number of benzene rings is 1. The number of phenolic OH excluding ortho intramolecular Hbond substituents is 1. The Labute approximate surface area is 101 Å². The van der Waals surface area contributed by atoms with Crippen LogP contribution in [0.5, 0.6) is 5.75 Å². The van der Waals surface area contributed by atoms with Crippen molar-refractivity contribution in [2.45, 2.75) is 20.3 Å². The maximum absolute atomic E-state index is 13.2. The summed E-state index contributed by atoms with van der Waals surface area (Å²) in [5.41, 5.74) is -0.447. The van der Waals surface area contributed by atoms with Gasteiger partial charge in [-0.1, -0.05) is 0 Å². The predicted molar refractivity (Wildman–Crippen MR) is 60.9 cm³/mol. The lowest BCUT2D eigenvalue weighted by atomic mass is 9.86. The Morgan fingerprint density at radius 2 is 2.06 bits per heavy atom. The number of carbonyl (C=O) groups is 1. The molecule has 1 rings (SSSR count). The van der Waals surface area contributed by atoms with E-state index in [2.05, 4.69) is 15.9 Å². The first-order valence-corrected chi connectivity index (χ1v) is 5.43. The molecule has 0 spiro atoms. The van der Waals surface area contributed by atoms with E-state index in [1.165, 1.54) is 6.07 Å². The molecule has 0 aromatic heterocycles. The first kappa shape index (κ1) is 13.0. The van der Waals surface area contributed by atoms with E-state index in [0.29, 0.717) is 5.56 Å². The van der Waals surface area contributed by atoms with Gasteiger partial charge in [0.25, 0.3) is 0 Å². The zero-order valence-corrected chi connectivity index (χ0v) is 10.5. The van der Waals surface area contributed by atoms with Gasteiger partial charge in [0.15, 0.2) is 11.6 Å². The maximum Gasteiger partial charge on any atom is 0.309 e. The molecule has 0 unspecified atom stereocenters. The van der Waals surface area contributed by atoms with E-state index in [1.54, 1.807) is 13.8 Å². The predicted octanol–water partition coefficient (Wildman–Crippen LogP) is 2.95. The van der Waals surface area contributed by atoms with Gasteiger partial charge in [0, 0.05) is 0 Å². The Morgan fingerprint density at radius 3 is 2.50 bits per heavy atom. The molecule has 0 saturated heterocycles. The first-order chi connectivity index (χ1) is 7.24. The van der Waals surface area contributed by atoms with Crippen LogP contribution in [0.4, 0.5) is 4.39 Å². The lowest BCUT2D eigenvalue weighted by molar-refractivity contribution is -0.146. The molecule has 0 radical (unpaired) electrons. The Morgan fingerprint density at radius 1 is 1.50 bits per heavy atom. The summed E-state index contributed by atoms with van der Waals surface area (Å²) in [6.07, 6.45) is 0.193. The quantitative estimate of drug-likeness (QED) is 0.900. The van der Waals surface area contributed by atoms with E-state index in [1.807, 2.05) is 0 Å². The smallest absolute Gasteiger partial charge is 0.309 e. The van der Waals surface area contributed by atoms with Crippen LogP contribution in [-0.2, 0) is 11.2 Å². The van der Waals surface area contributed by atoms with Gasteiger partial charge in [-0.05, 0) is 53.9 Å². The number of hydrogen-bond donors (Lipinski definition) is 2. The number of aromatic hydroxyl groups is 1. The highest BCUT2D eigenvalue weighted by atomic mass is 79.9. The van der Waals surface area contributed by atoms with E-state index in [9.17, 15) is 14.3 Å². The second kappa shape index (κ2) is 4.41. The number of phenols is 1. The number of hydrogen-bond acceptors (Lipinski definition) is 2. The normalized spacial score (nSPS) is 11.5. The fourth-order valence-electron chi connectivity index (χ4n) is 1.31. The fraction of sp³-hybridized carbons (Fsp3) is 0.364. The summed E-state index contributed by atoms with van der Waals surface area (Å²) in [6.45, 7) is 3.13. The second-order valence-electron chi connectivity index (χ2n) is 4.27. The number of carboxylic acids is 1. The van der Waals surface area contributed by atoms with Gasteiger partial charge in [0.2, 0.25) is 0 Å². The Hall–Kier alpha value is -1.10. The standard InChI is InChI=1S/C11H12BrFO3/c1-11(2,10(15)16)5-6-3-7(12)9(14)8(13)4-6/h3-4,14H,5H2,1-2H3,(H,15,16). The molecule has 0 heterocycles. The summed E-state index contributed by atoms with van der Waals surface area (Å²) in [5.74, 6) is -2.17. The zero-order valence-electron chi connectivity index (χ0n) is 8.92. The van der Waals surface area contributed by atoms with Crippen LogP contribution in [0.1, 0.15) is 19.4 Å². The molecule has 0 saturated carbocycles. The van der Waals surface area contributed by atoms with Gasteiger partial charge < -0.3 is 10.2 Å². The molecular formula is C11H12BrFO3. The van der Waals surface area contributed by atoms with Gasteiger partial charge in [-0.15, -0.1) is 0 Å². The van der Waals surface area contributed by atoms with Crippen LogP contribution in [0.15, 0.2) is 16.6 Å². The summed E-state index contributed by atoms with van der Waals surface area (Å²) in [5, 5.41) is 18.1. The third kappa shape index (κ3) is 2.72. The molecule has 3 nitrogen and oxygen atoms in total. The highest BCUT2D eigenvalue weighted by Crippen LogP contribution is 2.31. The van der Waals surface area contributed by atoms with Crippen molar-refractivity contribution in [1.29, 1.82) is 0 Å². The summed E-state index contributed by atoms with van der Waals surface area (Å²) in [4.78, 5) is 10.9. The molecule has 2 N–H and O–H groups in total. The van der Waals surface area contributed by atoms with E-state index >= 15 is 0 Å². The van der Waals surface area contributed by atoms with E-state index in [4.69, 9.17) is 5.11 Å². The van der Waals surface area contributed by atoms with Crippen molar-refractivity contribution in [1.82, 2.24) is 0 Å². The molecule has 0 fully saturated rings. The average molecular weight is 291 g/mol. The van der Waals surface area contributed by atoms with E-state index < -0.39 is 23.0 Å². The Bertz CT molecular complexity index is 406. The van der Waals surface area contributed by atoms with Crippen LogP contribution in [0, 0.1) is 11.2 Å². The molecule has 1 aromatic carbocycles. The molecule has 0 aliphatic carbocycles. The minimum absolute atomic E-state index is 0.193. The molecular weight excluding hydrogens is 279 g/mol. The zero-order chi connectivity index (χ0) is 12.5. The van der Waals surface area contributed by atoms with Crippen LogP contribution < -0.4 is 0 Å². The number of rotatable bonds is 3. The van der Waals surface area contributed by atoms with Gasteiger partial charge in [-0.3, -0.25) is 4.79 Å². The third-order valence-electron chi connectivity index (χ3n) is 2.30. The van der Waals surface area contributed by atoms with Gasteiger partial charge in [-0.2, -0.15) is 0 Å². The van der Waals surface area contributed by atoms with Crippen LogP contribution >= 0.6 is 15.9 Å². The monoisotopic (exact) mass is 290 g/mol. The largest absolute Gasteiger partial charge is 0.504 e. The third-order valence-corrected chi connectivity index (χ3v) is 2.91. The molecule has 0 aliphatic rings. The van der Waals surface area contributed by atoms with Crippen molar-refractivity contribution in [3.8, 4) is 5.75 Å². The fourth-order valence-corrected chi connectivity index (χ4v) is 1.79. The molecule has 16 heavy (non-hydrogen) atoms.